The van der Waals surface area contributed by atoms with Gasteiger partial charge in [0.1, 0.15) is 11.8 Å². The fraction of sp³-hybridized carbons (Fsp3) is 0.579. The zero-order chi connectivity index (χ0) is 16.2. The van der Waals surface area contributed by atoms with Gasteiger partial charge in [-0.2, -0.15) is 0 Å². The zero-order valence-electron chi connectivity index (χ0n) is 13.7. The Morgan fingerprint density at radius 1 is 1.26 bits per heavy atom. The van der Waals surface area contributed by atoms with Gasteiger partial charge in [0.05, 0.1) is 6.61 Å². The number of rotatable bonds is 4. The number of Topliss-reactive ketones (excluding diaryl/α,β-unsaturated/α-hetero) is 1. The van der Waals surface area contributed by atoms with Gasteiger partial charge in [-0.15, -0.1) is 0 Å². The Balaban J connectivity index is 1.76. The maximum Gasteiger partial charge on any atom is 0.323 e. The van der Waals surface area contributed by atoms with Gasteiger partial charge in [-0.1, -0.05) is 30.3 Å². The number of hydrogen-bond acceptors (Lipinski definition) is 4. The highest BCUT2D eigenvalue weighted by Gasteiger charge is 2.42. The summed E-state index contributed by atoms with van der Waals surface area (Å²) in [4.78, 5) is 26.4. The number of carbonyl (C=O) groups is 2. The van der Waals surface area contributed by atoms with Gasteiger partial charge >= 0.3 is 5.97 Å². The minimum Gasteiger partial charge on any atom is -0.465 e. The van der Waals surface area contributed by atoms with E-state index in [0.29, 0.717) is 37.1 Å². The molecule has 0 spiro atoms. The predicted molar refractivity (Wildman–Crippen MR) is 87.7 cm³/mol. The molecule has 3 unspecified atom stereocenters. The van der Waals surface area contributed by atoms with Gasteiger partial charge < -0.3 is 4.74 Å². The molecular formula is C19H25NO3. The minimum atomic E-state index is -0.220. The van der Waals surface area contributed by atoms with Crippen molar-refractivity contribution in [3.8, 4) is 0 Å². The number of ether oxygens (including phenoxy) is 1. The summed E-state index contributed by atoms with van der Waals surface area (Å²) in [5.41, 5.74) is 1.21. The third-order valence-corrected chi connectivity index (χ3v) is 5.17. The number of hydrogen-bond donors (Lipinski definition) is 0. The Hall–Kier alpha value is -1.68. The summed E-state index contributed by atoms with van der Waals surface area (Å²) < 4.78 is 5.29. The van der Waals surface area contributed by atoms with E-state index in [1.807, 2.05) is 25.1 Å². The fourth-order valence-electron chi connectivity index (χ4n) is 4.00. The van der Waals surface area contributed by atoms with Gasteiger partial charge in [0.25, 0.3) is 0 Å². The van der Waals surface area contributed by atoms with Crippen LogP contribution >= 0.6 is 0 Å². The van der Waals surface area contributed by atoms with Crippen LogP contribution in [0.1, 0.15) is 38.2 Å². The normalized spacial score (nSPS) is 28.2. The molecule has 1 aliphatic heterocycles. The number of ketones is 1. The van der Waals surface area contributed by atoms with E-state index >= 15 is 0 Å². The van der Waals surface area contributed by atoms with Crippen LogP contribution in [0.2, 0.25) is 0 Å². The van der Waals surface area contributed by atoms with E-state index in [4.69, 9.17) is 4.74 Å². The Bertz CT molecular complexity index is 557. The summed E-state index contributed by atoms with van der Waals surface area (Å²) in [6.07, 6.45) is 3.05. The first kappa shape index (κ1) is 16.2. The number of piperidine rings is 1. The average molecular weight is 315 g/mol. The molecule has 2 aliphatic rings. The van der Waals surface area contributed by atoms with Gasteiger partial charge in [0, 0.05) is 25.9 Å². The highest BCUT2D eigenvalue weighted by atomic mass is 16.5. The summed E-state index contributed by atoms with van der Waals surface area (Å²) >= 11 is 0. The zero-order valence-corrected chi connectivity index (χ0v) is 13.7. The number of carbonyl (C=O) groups excluding carboxylic acids is 2. The van der Waals surface area contributed by atoms with Crippen LogP contribution in [0.5, 0.6) is 0 Å². The van der Waals surface area contributed by atoms with Crippen molar-refractivity contribution >= 4 is 11.8 Å². The van der Waals surface area contributed by atoms with Crippen molar-refractivity contribution in [3.63, 3.8) is 0 Å². The predicted octanol–water partition coefficient (Wildman–Crippen LogP) is 2.81. The molecule has 3 rings (SSSR count). The maximum atomic E-state index is 12.4. The Labute approximate surface area is 137 Å². The SMILES string of the molecule is CCOC(=O)C1CC2CC(=O)CCC2CN1Cc1ccccc1. The van der Waals surface area contributed by atoms with E-state index in [1.54, 1.807) is 0 Å². The molecular weight excluding hydrogens is 290 g/mol. The fourth-order valence-corrected chi connectivity index (χ4v) is 4.00. The monoisotopic (exact) mass is 315 g/mol. The van der Waals surface area contributed by atoms with Crippen LogP contribution < -0.4 is 0 Å². The minimum absolute atomic E-state index is 0.139. The smallest absolute Gasteiger partial charge is 0.323 e. The molecule has 3 atom stereocenters. The van der Waals surface area contributed by atoms with Crippen molar-refractivity contribution < 1.29 is 14.3 Å². The van der Waals surface area contributed by atoms with E-state index in [2.05, 4.69) is 17.0 Å². The van der Waals surface area contributed by atoms with Crippen LogP contribution in [0.25, 0.3) is 0 Å². The standard InChI is InChI=1S/C19H25NO3/c1-2-23-19(22)18-11-16-10-17(21)9-8-15(16)13-20(18)12-14-6-4-3-5-7-14/h3-7,15-16,18H,2,8-13H2,1H3. The molecule has 4 heteroatoms. The lowest BCUT2D eigenvalue weighted by Crippen LogP contribution is -2.52. The summed E-state index contributed by atoms with van der Waals surface area (Å²) in [5, 5.41) is 0. The van der Waals surface area contributed by atoms with E-state index in [-0.39, 0.29) is 12.0 Å². The van der Waals surface area contributed by atoms with Crippen LogP contribution in [-0.4, -0.2) is 35.8 Å². The van der Waals surface area contributed by atoms with E-state index in [0.717, 1.165) is 25.9 Å². The van der Waals surface area contributed by atoms with Crippen LogP contribution in [0, 0.1) is 11.8 Å². The highest BCUT2D eigenvalue weighted by Crippen LogP contribution is 2.38. The second-order valence-electron chi connectivity index (χ2n) is 6.72. The molecule has 0 bridgehead atoms. The van der Waals surface area contributed by atoms with Crippen molar-refractivity contribution in [2.24, 2.45) is 11.8 Å². The van der Waals surface area contributed by atoms with Crippen LogP contribution in [0.4, 0.5) is 0 Å². The molecule has 1 aromatic carbocycles. The highest BCUT2D eigenvalue weighted by molar-refractivity contribution is 5.80. The first-order chi connectivity index (χ1) is 11.2. The van der Waals surface area contributed by atoms with Crippen molar-refractivity contribution in [3.05, 3.63) is 35.9 Å². The van der Waals surface area contributed by atoms with Crippen molar-refractivity contribution in [1.29, 1.82) is 0 Å². The van der Waals surface area contributed by atoms with Gasteiger partial charge in [-0.05, 0) is 37.2 Å². The molecule has 1 aliphatic carbocycles. The maximum absolute atomic E-state index is 12.4. The first-order valence-electron chi connectivity index (χ1n) is 8.63. The van der Waals surface area contributed by atoms with Gasteiger partial charge in [-0.3, -0.25) is 14.5 Å². The number of benzene rings is 1. The summed E-state index contributed by atoms with van der Waals surface area (Å²) in [6, 6.07) is 10.0. The number of fused-ring (bicyclic) bond motifs is 1. The van der Waals surface area contributed by atoms with E-state index < -0.39 is 0 Å². The quantitative estimate of drug-likeness (QED) is 0.802. The lowest BCUT2D eigenvalue weighted by atomic mass is 9.72. The topological polar surface area (TPSA) is 46.6 Å². The number of esters is 1. The van der Waals surface area contributed by atoms with Crippen LogP contribution in [-0.2, 0) is 20.9 Å². The molecule has 1 heterocycles. The average Bonchev–Trinajstić information content (AvgIpc) is 2.55. The van der Waals surface area contributed by atoms with Crippen molar-refractivity contribution in [1.82, 2.24) is 4.90 Å². The molecule has 23 heavy (non-hydrogen) atoms. The summed E-state index contributed by atoms with van der Waals surface area (Å²) in [5.74, 6) is 1.09. The summed E-state index contributed by atoms with van der Waals surface area (Å²) in [6.45, 7) is 3.90. The Morgan fingerprint density at radius 2 is 2.04 bits per heavy atom. The number of nitrogens with zero attached hydrogens (tertiary/aromatic N) is 1. The van der Waals surface area contributed by atoms with Gasteiger partial charge in [0.2, 0.25) is 0 Å². The van der Waals surface area contributed by atoms with Gasteiger partial charge in [-0.25, -0.2) is 0 Å². The summed E-state index contributed by atoms with van der Waals surface area (Å²) in [7, 11) is 0. The molecule has 1 saturated carbocycles. The largest absolute Gasteiger partial charge is 0.465 e. The molecule has 1 aromatic rings. The van der Waals surface area contributed by atoms with Gasteiger partial charge in [0.15, 0.2) is 0 Å². The Morgan fingerprint density at radius 3 is 2.78 bits per heavy atom. The molecule has 4 nitrogen and oxygen atoms in total. The van der Waals surface area contributed by atoms with Crippen LogP contribution in [0.3, 0.4) is 0 Å². The second kappa shape index (κ2) is 7.26. The van der Waals surface area contributed by atoms with Crippen molar-refractivity contribution in [2.75, 3.05) is 13.2 Å². The lowest BCUT2D eigenvalue weighted by molar-refractivity contribution is -0.154. The third-order valence-electron chi connectivity index (χ3n) is 5.17. The number of likely N-dealkylation sites (tertiary alicyclic amines) is 1. The van der Waals surface area contributed by atoms with E-state index in [9.17, 15) is 9.59 Å². The van der Waals surface area contributed by atoms with E-state index in [1.165, 1.54) is 5.56 Å². The molecule has 0 N–H and O–H groups in total. The molecule has 124 valence electrons. The van der Waals surface area contributed by atoms with Crippen molar-refractivity contribution in [2.45, 2.75) is 45.2 Å². The molecule has 2 fully saturated rings. The molecule has 0 radical (unpaired) electrons. The molecule has 0 aromatic heterocycles. The Kier molecular flexibility index (Phi) is 5.11. The lowest BCUT2D eigenvalue weighted by Gasteiger charge is -2.44. The first-order valence-corrected chi connectivity index (χ1v) is 8.63. The van der Waals surface area contributed by atoms with Crippen LogP contribution in [0.15, 0.2) is 30.3 Å². The second-order valence-corrected chi connectivity index (χ2v) is 6.72. The molecule has 0 amide bonds. The molecule has 1 saturated heterocycles. The third kappa shape index (κ3) is 3.81.